The monoisotopic (exact) mass is 415 g/mol. The van der Waals surface area contributed by atoms with Crippen LogP contribution >= 0.6 is 0 Å². The summed E-state index contributed by atoms with van der Waals surface area (Å²) in [5.41, 5.74) is 2.80. The molecule has 31 heavy (non-hydrogen) atoms. The van der Waals surface area contributed by atoms with Gasteiger partial charge in [-0.05, 0) is 24.8 Å². The lowest BCUT2D eigenvalue weighted by molar-refractivity contribution is 0.0666. The number of aromatic amines is 1. The average Bonchev–Trinajstić information content (AvgIpc) is 3.50. The van der Waals surface area contributed by atoms with Gasteiger partial charge in [0.1, 0.15) is 11.4 Å². The maximum absolute atomic E-state index is 13.0. The minimum Gasteiger partial charge on any atom is -0.337 e. The molecule has 1 saturated heterocycles. The number of likely N-dealkylation sites (tertiary alicyclic amines) is 1. The van der Waals surface area contributed by atoms with Gasteiger partial charge in [-0.3, -0.25) is 14.9 Å². The van der Waals surface area contributed by atoms with E-state index in [1.54, 1.807) is 18.6 Å². The van der Waals surface area contributed by atoms with Crippen LogP contribution in [0.25, 0.3) is 22.8 Å². The normalized spacial score (nSPS) is 16.4. The summed E-state index contributed by atoms with van der Waals surface area (Å²) in [5, 5.41) is 11.3. The van der Waals surface area contributed by atoms with E-state index in [1.807, 2.05) is 41.3 Å². The molecule has 0 aliphatic carbocycles. The summed E-state index contributed by atoms with van der Waals surface area (Å²) in [7, 11) is 0. The molecule has 1 atom stereocenters. The van der Waals surface area contributed by atoms with Crippen LogP contribution < -0.4 is 0 Å². The van der Waals surface area contributed by atoms with Crippen molar-refractivity contribution in [2.75, 3.05) is 13.1 Å². The Balaban J connectivity index is 1.24. The zero-order valence-electron chi connectivity index (χ0n) is 16.8. The van der Waals surface area contributed by atoms with Gasteiger partial charge in [-0.2, -0.15) is 10.1 Å². The van der Waals surface area contributed by atoms with Crippen LogP contribution in [-0.4, -0.2) is 54.2 Å². The van der Waals surface area contributed by atoms with Crippen LogP contribution in [0.15, 0.2) is 59.5 Å². The van der Waals surface area contributed by atoms with Crippen LogP contribution in [0.2, 0.25) is 0 Å². The molecule has 1 aromatic carbocycles. The van der Waals surface area contributed by atoms with Crippen molar-refractivity contribution in [2.24, 2.45) is 5.92 Å². The molecule has 1 N–H and O–H groups in total. The summed E-state index contributed by atoms with van der Waals surface area (Å²) in [5.74, 6) is 1.21. The van der Waals surface area contributed by atoms with Crippen LogP contribution in [0.5, 0.6) is 0 Å². The van der Waals surface area contributed by atoms with Gasteiger partial charge in [-0.25, -0.2) is 4.98 Å². The number of H-pyrrole nitrogens is 1. The number of carbonyl (C=O) groups excluding carboxylic acids is 1. The van der Waals surface area contributed by atoms with E-state index in [4.69, 9.17) is 4.52 Å². The van der Waals surface area contributed by atoms with Gasteiger partial charge in [0.15, 0.2) is 5.82 Å². The third-order valence-corrected chi connectivity index (χ3v) is 5.41. The highest BCUT2D eigenvalue weighted by atomic mass is 16.5. The maximum atomic E-state index is 13.0. The van der Waals surface area contributed by atoms with Gasteiger partial charge in [-0.1, -0.05) is 35.5 Å². The Hall–Kier alpha value is -3.88. The zero-order chi connectivity index (χ0) is 21.0. The highest BCUT2D eigenvalue weighted by Gasteiger charge is 2.27. The van der Waals surface area contributed by atoms with Crippen molar-refractivity contribution in [2.45, 2.75) is 19.3 Å². The van der Waals surface area contributed by atoms with Crippen molar-refractivity contribution < 1.29 is 9.32 Å². The Bertz CT molecular complexity index is 1160. The van der Waals surface area contributed by atoms with Crippen molar-refractivity contribution in [1.82, 2.24) is 35.2 Å². The van der Waals surface area contributed by atoms with Crippen LogP contribution in [0, 0.1) is 5.92 Å². The summed E-state index contributed by atoms with van der Waals surface area (Å²) in [6.07, 6.45) is 7.36. The summed E-state index contributed by atoms with van der Waals surface area (Å²) in [6, 6.07) is 11.6. The number of rotatable bonds is 5. The number of aromatic nitrogens is 6. The largest absolute Gasteiger partial charge is 0.337 e. The number of carbonyl (C=O) groups is 1. The van der Waals surface area contributed by atoms with Crippen molar-refractivity contribution >= 4 is 5.91 Å². The van der Waals surface area contributed by atoms with E-state index in [9.17, 15) is 4.79 Å². The molecule has 9 heteroatoms. The molecule has 1 amide bonds. The second-order valence-corrected chi connectivity index (χ2v) is 7.60. The first-order chi connectivity index (χ1) is 15.3. The summed E-state index contributed by atoms with van der Waals surface area (Å²) >= 11 is 0. The minimum atomic E-state index is -0.0345. The Kier molecular flexibility index (Phi) is 5.22. The van der Waals surface area contributed by atoms with Crippen molar-refractivity contribution in [3.63, 3.8) is 0 Å². The third kappa shape index (κ3) is 4.20. The Morgan fingerprint density at radius 1 is 1.19 bits per heavy atom. The topological polar surface area (TPSA) is 114 Å². The molecule has 0 bridgehead atoms. The lowest BCUT2D eigenvalue weighted by Gasteiger charge is -2.31. The van der Waals surface area contributed by atoms with Gasteiger partial charge in [-0.15, -0.1) is 0 Å². The molecule has 3 aromatic heterocycles. The van der Waals surface area contributed by atoms with Crippen LogP contribution in [0.4, 0.5) is 0 Å². The highest BCUT2D eigenvalue weighted by Crippen LogP contribution is 2.23. The lowest BCUT2D eigenvalue weighted by atomic mass is 9.94. The average molecular weight is 415 g/mol. The molecular weight excluding hydrogens is 394 g/mol. The quantitative estimate of drug-likeness (QED) is 0.533. The Morgan fingerprint density at radius 2 is 2.10 bits per heavy atom. The van der Waals surface area contributed by atoms with E-state index in [1.165, 1.54) is 0 Å². The molecule has 4 aromatic rings. The molecule has 1 aliphatic heterocycles. The van der Waals surface area contributed by atoms with Gasteiger partial charge in [0, 0.05) is 37.5 Å². The van der Waals surface area contributed by atoms with E-state index in [2.05, 4.69) is 30.3 Å². The summed E-state index contributed by atoms with van der Waals surface area (Å²) in [4.78, 5) is 27.5. The number of benzene rings is 1. The lowest BCUT2D eigenvalue weighted by Crippen LogP contribution is -2.40. The van der Waals surface area contributed by atoms with Crippen molar-refractivity contribution in [1.29, 1.82) is 0 Å². The fourth-order valence-electron chi connectivity index (χ4n) is 3.88. The van der Waals surface area contributed by atoms with E-state index >= 15 is 0 Å². The first-order valence-corrected chi connectivity index (χ1v) is 10.3. The SMILES string of the molecule is O=C(c1cc(-c2ccccc2)n[nH]1)N1CCCC(Cc2noc(-c3cnccn3)n2)C1. The fraction of sp³-hybridized carbons (Fsp3) is 0.273. The van der Waals surface area contributed by atoms with Gasteiger partial charge < -0.3 is 9.42 Å². The van der Waals surface area contributed by atoms with Crippen molar-refractivity contribution in [3.05, 3.63) is 66.5 Å². The van der Waals surface area contributed by atoms with Crippen molar-refractivity contribution in [3.8, 4) is 22.8 Å². The molecule has 4 heterocycles. The first-order valence-electron chi connectivity index (χ1n) is 10.3. The third-order valence-electron chi connectivity index (χ3n) is 5.41. The molecule has 5 rings (SSSR count). The zero-order valence-corrected chi connectivity index (χ0v) is 16.8. The molecule has 1 fully saturated rings. The smallest absolute Gasteiger partial charge is 0.278 e. The molecule has 0 radical (unpaired) electrons. The number of nitrogens with one attached hydrogen (secondary N) is 1. The molecule has 9 nitrogen and oxygen atoms in total. The van der Waals surface area contributed by atoms with Gasteiger partial charge in [0.2, 0.25) is 0 Å². The maximum Gasteiger partial charge on any atom is 0.278 e. The number of amides is 1. The predicted octanol–water partition coefficient (Wildman–Crippen LogP) is 3.01. The standard InChI is InChI=1S/C22H21N7O2/c30-22(18-12-17(26-27-18)16-6-2-1-3-7-16)29-10-4-5-15(14-29)11-20-25-21(31-28-20)19-13-23-8-9-24-19/h1-3,6-9,12-13,15H,4-5,10-11,14H2,(H,26,27). The van der Waals surface area contributed by atoms with Gasteiger partial charge in [0.05, 0.1) is 11.9 Å². The number of piperidine rings is 1. The van der Waals surface area contributed by atoms with Crippen LogP contribution in [0.3, 0.4) is 0 Å². The second kappa shape index (κ2) is 8.47. The van der Waals surface area contributed by atoms with E-state index in [0.717, 1.165) is 30.6 Å². The number of hydrogen-bond acceptors (Lipinski definition) is 7. The van der Waals surface area contributed by atoms with Crippen LogP contribution in [-0.2, 0) is 6.42 Å². The molecule has 156 valence electrons. The Morgan fingerprint density at radius 3 is 2.94 bits per heavy atom. The highest BCUT2D eigenvalue weighted by molar-refractivity contribution is 5.93. The molecule has 0 spiro atoms. The summed E-state index contributed by atoms with van der Waals surface area (Å²) in [6.45, 7) is 1.37. The molecular formula is C22H21N7O2. The molecule has 1 aliphatic rings. The van der Waals surface area contributed by atoms with E-state index in [0.29, 0.717) is 36.1 Å². The molecule has 0 saturated carbocycles. The predicted molar refractivity (Wildman–Crippen MR) is 112 cm³/mol. The fourth-order valence-corrected chi connectivity index (χ4v) is 3.88. The minimum absolute atomic E-state index is 0.0345. The summed E-state index contributed by atoms with van der Waals surface area (Å²) < 4.78 is 5.32. The second-order valence-electron chi connectivity index (χ2n) is 7.60. The number of hydrogen-bond donors (Lipinski definition) is 1. The Labute approximate surface area is 178 Å². The van der Waals surface area contributed by atoms with E-state index in [-0.39, 0.29) is 11.8 Å². The van der Waals surface area contributed by atoms with E-state index < -0.39 is 0 Å². The van der Waals surface area contributed by atoms with Gasteiger partial charge >= 0.3 is 0 Å². The number of nitrogens with zero attached hydrogens (tertiary/aromatic N) is 6. The van der Waals surface area contributed by atoms with Gasteiger partial charge in [0.25, 0.3) is 11.8 Å². The van der Waals surface area contributed by atoms with Crippen LogP contribution in [0.1, 0.15) is 29.2 Å². The first kappa shape index (κ1) is 19.1. The molecule has 1 unspecified atom stereocenters.